The van der Waals surface area contributed by atoms with E-state index in [1.165, 1.54) is 14.0 Å². The van der Waals surface area contributed by atoms with E-state index < -0.39 is 90.1 Å². The van der Waals surface area contributed by atoms with Gasteiger partial charge in [-0.25, -0.2) is 0 Å². The van der Waals surface area contributed by atoms with Gasteiger partial charge in [0.2, 0.25) is 0 Å². The van der Waals surface area contributed by atoms with Crippen molar-refractivity contribution in [1.29, 1.82) is 0 Å². The van der Waals surface area contributed by atoms with Crippen LogP contribution < -0.4 is 0 Å². The molecule has 14 heteroatoms. The predicted molar refractivity (Wildman–Crippen MR) is 198 cm³/mol. The van der Waals surface area contributed by atoms with Gasteiger partial charge in [0.15, 0.2) is 12.6 Å². The lowest BCUT2D eigenvalue weighted by molar-refractivity contribution is -0.343. The van der Waals surface area contributed by atoms with Crippen molar-refractivity contribution in [2.75, 3.05) is 14.2 Å². The standard InChI is InChI=1S/C42H66O14/c1-11-20(2)37(47)54-34-35-39(7)15-13-26(53-29-19-28(48-9)32(23(5)50-29)55-38-31(46)33(49-10)30(45)22(4)51-38)18-25(39)12-16-41(35)42(56-41)17-14-27(21(3)43)40(42,8)36(34)52-24(6)44/h20,22-23,25-36,38,45-46H,11-19H2,1-10H3/t20?,22-,23-,25+,26+,27+,28?,29+,30-,31?,32-,33?,34+,35?,36-,38+,39+,40+,41+,42-/m1/s1. The zero-order valence-electron chi connectivity index (χ0n) is 34.9. The van der Waals surface area contributed by atoms with E-state index in [1.807, 2.05) is 27.7 Å². The minimum Gasteiger partial charge on any atom is -0.458 e. The van der Waals surface area contributed by atoms with Gasteiger partial charge in [0.25, 0.3) is 0 Å². The summed E-state index contributed by atoms with van der Waals surface area (Å²) in [6, 6.07) is 0. The van der Waals surface area contributed by atoms with Gasteiger partial charge in [0.1, 0.15) is 53.6 Å². The molecule has 0 aromatic heterocycles. The second-order valence-corrected chi connectivity index (χ2v) is 18.6. The summed E-state index contributed by atoms with van der Waals surface area (Å²) >= 11 is 0. The third-order valence-electron chi connectivity index (χ3n) is 15.8. The molecule has 4 aliphatic carbocycles. The molecule has 2 spiro atoms. The fourth-order valence-corrected chi connectivity index (χ4v) is 12.7. The van der Waals surface area contributed by atoms with Crippen LogP contribution >= 0.6 is 0 Å². The van der Waals surface area contributed by atoms with E-state index in [0.717, 1.165) is 32.1 Å². The van der Waals surface area contributed by atoms with Gasteiger partial charge in [-0.3, -0.25) is 14.4 Å². The Hall–Kier alpha value is -1.75. The molecule has 3 aliphatic heterocycles. The van der Waals surface area contributed by atoms with Crippen LogP contribution in [0.5, 0.6) is 0 Å². The number of hydrogen-bond acceptors (Lipinski definition) is 14. The largest absolute Gasteiger partial charge is 0.458 e. The summed E-state index contributed by atoms with van der Waals surface area (Å²) in [4.78, 5) is 39.9. The molecule has 3 saturated heterocycles. The molecule has 0 bridgehead atoms. The van der Waals surface area contributed by atoms with E-state index in [9.17, 15) is 24.6 Å². The van der Waals surface area contributed by atoms with Crippen molar-refractivity contribution in [1.82, 2.24) is 0 Å². The Balaban J connectivity index is 1.10. The first kappa shape index (κ1) is 42.4. The molecule has 7 aliphatic rings. The number of carbonyl (C=O) groups is 3. The number of fused-ring (bicyclic) bond motifs is 2. The maximum atomic E-state index is 13.7. The fourth-order valence-electron chi connectivity index (χ4n) is 12.7. The molecule has 20 atom stereocenters. The van der Waals surface area contributed by atoms with Gasteiger partial charge >= 0.3 is 11.9 Å². The molecular formula is C42H66O14. The molecule has 14 nitrogen and oxygen atoms in total. The molecule has 0 aromatic carbocycles. The number of ether oxygens (including phenoxy) is 9. The molecule has 0 aromatic rings. The van der Waals surface area contributed by atoms with Crippen molar-refractivity contribution < 1.29 is 67.2 Å². The quantitative estimate of drug-likeness (QED) is 0.174. The number of aliphatic hydroxyl groups is 2. The molecule has 5 unspecified atom stereocenters. The third-order valence-corrected chi connectivity index (χ3v) is 15.8. The second-order valence-electron chi connectivity index (χ2n) is 18.6. The highest BCUT2D eigenvalue weighted by atomic mass is 16.7. The van der Waals surface area contributed by atoms with Crippen LogP contribution in [0.2, 0.25) is 0 Å². The monoisotopic (exact) mass is 794 g/mol. The number of carbonyl (C=O) groups excluding carboxylic acids is 3. The Kier molecular flexibility index (Phi) is 11.6. The number of hydrogen-bond donors (Lipinski definition) is 2. The van der Waals surface area contributed by atoms with Crippen LogP contribution in [0.15, 0.2) is 0 Å². The van der Waals surface area contributed by atoms with Crippen molar-refractivity contribution in [2.45, 2.75) is 198 Å². The third kappa shape index (κ3) is 6.42. The highest BCUT2D eigenvalue weighted by Gasteiger charge is 2.91. The van der Waals surface area contributed by atoms with Crippen LogP contribution in [0.25, 0.3) is 0 Å². The summed E-state index contributed by atoms with van der Waals surface area (Å²) in [5.74, 6) is -1.53. The van der Waals surface area contributed by atoms with Gasteiger partial charge in [0.05, 0.1) is 30.3 Å². The summed E-state index contributed by atoms with van der Waals surface area (Å²) in [5.41, 5.74) is -2.43. The number of ketones is 1. The summed E-state index contributed by atoms with van der Waals surface area (Å²) < 4.78 is 56.5. The number of rotatable bonds is 11. The Labute approximate surface area is 331 Å². The summed E-state index contributed by atoms with van der Waals surface area (Å²) in [5, 5.41) is 21.3. The first-order chi connectivity index (χ1) is 26.4. The number of methoxy groups -OCH3 is 2. The molecule has 2 N–H and O–H groups in total. The molecule has 318 valence electrons. The second kappa shape index (κ2) is 15.4. The minimum atomic E-state index is -1.21. The fraction of sp³-hybridized carbons (Fsp3) is 0.929. The predicted octanol–water partition coefficient (Wildman–Crippen LogP) is 4.02. The lowest BCUT2D eigenvalue weighted by atomic mass is 9.43. The van der Waals surface area contributed by atoms with Crippen LogP contribution in [0, 0.1) is 34.5 Å². The van der Waals surface area contributed by atoms with Crippen molar-refractivity contribution in [3.8, 4) is 0 Å². The van der Waals surface area contributed by atoms with E-state index in [4.69, 9.17) is 42.6 Å². The van der Waals surface area contributed by atoms with E-state index in [-0.39, 0.29) is 46.9 Å². The van der Waals surface area contributed by atoms with E-state index >= 15 is 0 Å². The van der Waals surface area contributed by atoms with Gasteiger partial charge in [-0.1, -0.05) is 27.7 Å². The Morgan fingerprint density at radius 3 is 2.21 bits per heavy atom. The maximum Gasteiger partial charge on any atom is 0.309 e. The SMILES string of the molecule is CCC(C)C(=O)O[C@H]1C2[C@]3(CC[C@H]4C[C@@H](O[C@H]5CC(OC)[C@H](O[C@@H]6O[C@H](C)[C@@H](O)C(OC)C6O)[C@@H](C)O5)CC[C@]24C)O[C@@]32CC[C@@H](C(C)=O)[C@@]2(C)[C@@H]1OC(C)=O. The Morgan fingerprint density at radius 1 is 0.839 bits per heavy atom. The normalized spacial score (nSPS) is 51.4. The average Bonchev–Trinajstić information content (AvgIpc) is 3.70. The zero-order valence-corrected chi connectivity index (χ0v) is 34.9. The molecule has 56 heavy (non-hydrogen) atoms. The summed E-state index contributed by atoms with van der Waals surface area (Å²) in [7, 11) is 3.04. The van der Waals surface area contributed by atoms with Gasteiger partial charge < -0.3 is 52.8 Å². The van der Waals surface area contributed by atoms with Crippen molar-refractivity contribution >= 4 is 17.7 Å². The summed E-state index contributed by atoms with van der Waals surface area (Å²) in [6.07, 6.45) is -2.23. The highest BCUT2D eigenvalue weighted by molar-refractivity contribution is 5.81. The van der Waals surface area contributed by atoms with Gasteiger partial charge in [-0.15, -0.1) is 0 Å². The van der Waals surface area contributed by atoms with E-state index in [1.54, 1.807) is 21.0 Å². The van der Waals surface area contributed by atoms with Gasteiger partial charge in [-0.2, -0.15) is 0 Å². The van der Waals surface area contributed by atoms with Crippen LogP contribution in [-0.2, 0) is 57.0 Å². The number of epoxide rings is 1. The average molecular weight is 795 g/mol. The zero-order chi connectivity index (χ0) is 40.7. The lowest BCUT2D eigenvalue weighted by Gasteiger charge is -2.61. The Bertz CT molecular complexity index is 1490. The van der Waals surface area contributed by atoms with Crippen LogP contribution in [0.4, 0.5) is 0 Å². The molecule has 0 amide bonds. The highest BCUT2D eigenvalue weighted by Crippen LogP contribution is 2.81. The number of aliphatic hydroxyl groups excluding tert-OH is 2. The van der Waals surface area contributed by atoms with Crippen molar-refractivity contribution in [3.05, 3.63) is 0 Å². The van der Waals surface area contributed by atoms with Crippen LogP contribution in [0.3, 0.4) is 0 Å². The minimum absolute atomic E-state index is 0.0390. The molecule has 7 rings (SSSR count). The Morgan fingerprint density at radius 2 is 1.57 bits per heavy atom. The topological polar surface area (TPSA) is 178 Å². The number of Topliss-reactive ketones (excluding diaryl/α,β-unsaturated/α-hetero) is 1. The van der Waals surface area contributed by atoms with Gasteiger partial charge in [0, 0.05) is 44.8 Å². The first-order valence-corrected chi connectivity index (χ1v) is 21.0. The first-order valence-electron chi connectivity index (χ1n) is 21.0. The van der Waals surface area contributed by atoms with Crippen LogP contribution in [-0.4, -0.2) is 127 Å². The molecule has 7 fully saturated rings. The lowest BCUT2D eigenvalue weighted by Crippen LogP contribution is -2.70. The van der Waals surface area contributed by atoms with Crippen molar-refractivity contribution in [2.24, 2.45) is 34.5 Å². The molecule has 3 heterocycles. The number of esters is 2. The maximum absolute atomic E-state index is 13.7. The molecule has 4 saturated carbocycles. The van der Waals surface area contributed by atoms with E-state index in [2.05, 4.69) is 6.92 Å². The molecule has 0 radical (unpaired) electrons. The van der Waals surface area contributed by atoms with Gasteiger partial charge in [-0.05, 0) is 83.5 Å². The molecular weight excluding hydrogens is 728 g/mol. The van der Waals surface area contributed by atoms with Crippen molar-refractivity contribution in [3.63, 3.8) is 0 Å². The summed E-state index contributed by atoms with van der Waals surface area (Å²) in [6.45, 7) is 14.7. The van der Waals surface area contributed by atoms with Crippen LogP contribution in [0.1, 0.15) is 113 Å². The van der Waals surface area contributed by atoms with E-state index in [0.29, 0.717) is 25.7 Å². The smallest absolute Gasteiger partial charge is 0.309 e.